The van der Waals surface area contributed by atoms with Gasteiger partial charge in [-0.1, -0.05) is 30.7 Å². The van der Waals surface area contributed by atoms with Crippen LogP contribution in [0.25, 0.3) is 10.9 Å². The van der Waals surface area contributed by atoms with Crippen molar-refractivity contribution >= 4 is 10.9 Å². The minimum absolute atomic E-state index is 0.335. The van der Waals surface area contributed by atoms with Crippen molar-refractivity contribution in [3.05, 3.63) is 42.1 Å². The van der Waals surface area contributed by atoms with Gasteiger partial charge in [0.15, 0.2) is 0 Å². The lowest BCUT2D eigenvalue weighted by Gasteiger charge is -2.18. The van der Waals surface area contributed by atoms with Crippen LogP contribution in [0.1, 0.15) is 24.8 Å². The van der Waals surface area contributed by atoms with Gasteiger partial charge in [0.2, 0.25) is 0 Å². The van der Waals surface area contributed by atoms with Crippen LogP contribution in [0.4, 0.5) is 0 Å². The van der Waals surface area contributed by atoms with Crippen LogP contribution in [-0.2, 0) is 6.54 Å². The Balaban J connectivity index is 1.63. The van der Waals surface area contributed by atoms with Crippen LogP contribution in [0, 0.1) is 11.8 Å². The van der Waals surface area contributed by atoms with Crippen LogP contribution in [0.3, 0.4) is 0 Å². The van der Waals surface area contributed by atoms with Crippen molar-refractivity contribution in [2.45, 2.75) is 25.8 Å². The Morgan fingerprint density at radius 2 is 2.00 bits per heavy atom. The molecule has 0 aliphatic heterocycles. The number of pyridine rings is 1. The van der Waals surface area contributed by atoms with Gasteiger partial charge in [0.05, 0.1) is 5.52 Å². The summed E-state index contributed by atoms with van der Waals surface area (Å²) in [5.41, 5.74) is 2.34. The van der Waals surface area contributed by atoms with E-state index in [1.807, 2.05) is 12.3 Å². The second-order valence-electron chi connectivity index (χ2n) is 5.76. The van der Waals surface area contributed by atoms with Gasteiger partial charge in [-0.05, 0) is 42.9 Å². The predicted molar refractivity (Wildman–Crippen MR) is 81.4 cm³/mol. The fraction of sp³-hybridized carbons (Fsp3) is 0.471. The Morgan fingerprint density at radius 3 is 2.90 bits per heavy atom. The fourth-order valence-corrected chi connectivity index (χ4v) is 3.33. The first kappa shape index (κ1) is 13.5. The molecule has 0 saturated heterocycles. The van der Waals surface area contributed by atoms with Crippen molar-refractivity contribution in [1.29, 1.82) is 0 Å². The van der Waals surface area contributed by atoms with E-state index >= 15 is 0 Å². The number of rotatable bonds is 5. The lowest BCUT2D eigenvalue weighted by atomic mass is 9.97. The molecule has 3 rings (SSSR count). The molecule has 3 nitrogen and oxygen atoms in total. The first-order chi connectivity index (χ1) is 9.88. The lowest BCUT2D eigenvalue weighted by molar-refractivity contribution is 0.192. The highest BCUT2D eigenvalue weighted by atomic mass is 16.3. The van der Waals surface area contributed by atoms with Crippen molar-refractivity contribution in [2.24, 2.45) is 11.8 Å². The van der Waals surface area contributed by atoms with E-state index < -0.39 is 0 Å². The fourth-order valence-electron chi connectivity index (χ4n) is 3.33. The molecular formula is C17H22N2O. The molecule has 1 aliphatic rings. The molecule has 2 unspecified atom stereocenters. The SMILES string of the molecule is OCC1CCCC1CNCc1cccc2cccnc12. The molecule has 2 N–H and O–H groups in total. The van der Waals surface area contributed by atoms with E-state index in [4.69, 9.17) is 0 Å². The Morgan fingerprint density at radius 1 is 1.15 bits per heavy atom. The zero-order valence-electron chi connectivity index (χ0n) is 11.8. The molecule has 1 aromatic carbocycles. The van der Waals surface area contributed by atoms with Crippen molar-refractivity contribution in [3.63, 3.8) is 0 Å². The summed E-state index contributed by atoms with van der Waals surface area (Å²) >= 11 is 0. The monoisotopic (exact) mass is 270 g/mol. The molecule has 1 saturated carbocycles. The summed E-state index contributed by atoms with van der Waals surface area (Å²) in [7, 11) is 0. The third kappa shape index (κ3) is 2.84. The molecular weight excluding hydrogens is 248 g/mol. The quantitative estimate of drug-likeness (QED) is 0.878. The van der Waals surface area contributed by atoms with Crippen LogP contribution in [-0.4, -0.2) is 23.2 Å². The molecule has 20 heavy (non-hydrogen) atoms. The summed E-state index contributed by atoms with van der Waals surface area (Å²) in [6.07, 6.45) is 5.53. The van der Waals surface area contributed by atoms with Gasteiger partial charge in [-0.15, -0.1) is 0 Å². The van der Waals surface area contributed by atoms with Crippen LogP contribution in [0.2, 0.25) is 0 Å². The lowest BCUT2D eigenvalue weighted by Crippen LogP contribution is -2.26. The first-order valence-electron chi connectivity index (χ1n) is 7.52. The smallest absolute Gasteiger partial charge is 0.0746 e. The summed E-state index contributed by atoms with van der Waals surface area (Å²) in [6, 6.07) is 10.4. The highest BCUT2D eigenvalue weighted by molar-refractivity contribution is 5.81. The first-order valence-corrected chi connectivity index (χ1v) is 7.52. The molecule has 0 amide bonds. The molecule has 1 aromatic heterocycles. The van der Waals surface area contributed by atoms with Gasteiger partial charge in [-0.3, -0.25) is 4.98 Å². The maximum atomic E-state index is 9.36. The second kappa shape index (κ2) is 6.33. The number of aliphatic hydroxyl groups excluding tert-OH is 1. The number of nitrogens with zero attached hydrogens (tertiary/aromatic N) is 1. The Hall–Kier alpha value is -1.45. The summed E-state index contributed by atoms with van der Waals surface area (Å²) in [4.78, 5) is 4.48. The standard InChI is InChI=1S/C17H22N2O/c20-12-16-7-2-5-14(16)10-18-11-15-6-1-4-13-8-3-9-19-17(13)15/h1,3-4,6,8-9,14,16,18,20H,2,5,7,10-12H2. The minimum Gasteiger partial charge on any atom is -0.396 e. The molecule has 1 fully saturated rings. The van der Waals surface area contributed by atoms with Crippen LogP contribution >= 0.6 is 0 Å². The highest BCUT2D eigenvalue weighted by Gasteiger charge is 2.25. The molecule has 0 spiro atoms. The Bertz CT molecular complexity index is 564. The van der Waals surface area contributed by atoms with Gasteiger partial charge < -0.3 is 10.4 Å². The minimum atomic E-state index is 0.335. The zero-order valence-corrected chi connectivity index (χ0v) is 11.8. The van der Waals surface area contributed by atoms with Gasteiger partial charge >= 0.3 is 0 Å². The summed E-state index contributed by atoms with van der Waals surface area (Å²) in [5.74, 6) is 1.12. The van der Waals surface area contributed by atoms with E-state index in [-0.39, 0.29) is 0 Å². The van der Waals surface area contributed by atoms with Gasteiger partial charge in [0.1, 0.15) is 0 Å². The number of benzene rings is 1. The van der Waals surface area contributed by atoms with E-state index in [1.54, 1.807) is 0 Å². The zero-order chi connectivity index (χ0) is 13.8. The van der Waals surface area contributed by atoms with Crippen molar-refractivity contribution in [1.82, 2.24) is 10.3 Å². The molecule has 1 heterocycles. The van der Waals surface area contributed by atoms with Crippen LogP contribution in [0.15, 0.2) is 36.5 Å². The van der Waals surface area contributed by atoms with Crippen LogP contribution in [0.5, 0.6) is 0 Å². The molecule has 1 aliphatic carbocycles. The molecule has 2 aromatic rings. The largest absolute Gasteiger partial charge is 0.396 e. The molecule has 106 valence electrons. The third-order valence-corrected chi connectivity index (χ3v) is 4.49. The maximum Gasteiger partial charge on any atom is 0.0746 e. The highest BCUT2D eigenvalue weighted by Crippen LogP contribution is 2.30. The maximum absolute atomic E-state index is 9.36. The number of hydrogen-bond donors (Lipinski definition) is 2. The van der Waals surface area contributed by atoms with Gasteiger partial charge in [0, 0.05) is 24.7 Å². The molecule has 0 radical (unpaired) electrons. The van der Waals surface area contributed by atoms with E-state index in [9.17, 15) is 5.11 Å². The van der Waals surface area contributed by atoms with Crippen molar-refractivity contribution < 1.29 is 5.11 Å². The number of aliphatic hydroxyl groups is 1. The molecule has 2 atom stereocenters. The van der Waals surface area contributed by atoms with E-state index in [0.717, 1.165) is 18.6 Å². The number of hydrogen-bond acceptors (Lipinski definition) is 3. The Labute approximate surface area is 120 Å². The Kier molecular flexibility index (Phi) is 4.28. The summed E-state index contributed by atoms with van der Waals surface area (Å²) < 4.78 is 0. The van der Waals surface area contributed by atoms with E-state index in [0.29, 0.717) is 18.4 Å². The average molecular weight is 270 g/mol. The summed E-state index contributed by atoms with van der Waals surface area (Å²) in [5, 5.41) is 14.1. The van der Waals surface area contributed by atoms with E-state index in [1.165, 1.54) is 30.2 Å². The molecule has 3 heteroatoms. The normalized spacial score (nSPS) is 22.4. The topological polar surface area (TPSA) is 45.1 Å². The number of fused-ring (bicyclic) bond motifs is 1. The van der Waals surface area contributed by atoms with E-state index in [2.05, 4.69) is 34.6 Å². The third-order valence-electron chi connectivity index (χ3n) is 4.49. The van der Waals surface area contributed by atoms with Gasteiger partial charge in [-0.2, -0.15) is 0 Å². The number of para-hydroxylation sites is 1. The van der Waals surface area contributed by atoms with Gasteiger partial charge in [0.25, 0.3) is 0 Å². The molecule has 0 bridgehead atoms. The predicted octanol–water partition coefficient (Wildman–Crippen LogP) is 2.73. The average Bonchev–Trinajstić information content (AvgIpc) is 2.95. The van der Waals surface area contributed by atoms with Crippen LogP contribution < -0.4 is 5.32 Å². The second-order valence-corrected chi connectivity index (χ2v) is 5.76. The summed E-state index contributed by atoms with van der Waals surface area (Å²) in [6.45, 7) is 2.18. The van der Waals surface area contributed by atoms with Crippen molar-refractivity contribution in [2.75, 3.05) is 13.2 Å². The van der Waals surface area contributed by atoms with Gasteiger partial charge in [-0.25, -0.2) is 0 Å². The number of aromatic nitrogens is 1. The van der Waals surface area contributed by atoms with Crippen molar-refractivity contribution in [3.8, 4) is 0 Å². The number of nitrogens with one attached hydrogen (secondary N) is 1.